The normalized spacial score (nSPS) is 9.81. The molecule has 21 heavy (non-hydrogen) atoms. The van der Waals surface area contributed by atoms with Crippen molar-refractivity contribution in [2.45, 2.75) is 0 Å². The fourth-order valence-corrected chi connectivity index (χ4v) is 1.56. The Hall–Kier alpha value is -2.82. The van der Waals surface area contributed by atoms with E-state index in [-0.39, 0.29) is 11.3 Å². The van der Waals surface area contributed by atoms with Crippen LogP contribution in [0, 0.1) is 0 Å². The fourth-order valence-electron chi connectivity index (χ4n) is 1.56. The van der Waals surface area contributed by atoms with Crippen LogP contribution in [0.15, 0.2) is 54.6 Å². The lowest BCUT2D eigenvalue weighted by Gasteiger charge is -2.13. The van der Waals surface area contributed by atoms with Gasteiger partial charge >= 0.3 is 12.1 Å². The Morgan fingerprint density at radius 2 is 1.48 bits per heavy atom. The van der Waals surface area contributed by atoms with Crippen LogP contribution in [-0.4, -0.2) is 31.1 Å². The summed E-state index contributed by atoms with van der Waals surface area (Å²) in [4.78, 5) is 25.0. The van der Waals surface area contributed by atoms with Gasteiger partial charge in [-0.25, -0.2) is 9.59 Å². The summed E-state index contributed by atoms with van der Waals surface area (Å²) in [6.07, 6.45) is -0.560. The molecule has 0 fully saturated rings. The first-order valence-corrected chi connectivity index (χ1v) is 6.33. The van der Waals surface area contributed by atoms with E-state index >= 15 is 0 Å². The predicted molar refractivity (Wildman–Crippen MR) is 77.6 cm³/mol. The number of nitrogens with zero attached hydrogens (tertiary/aromatic N) is 1. The Bertz CT molecular complexity index is 638. The third-order valence-corrected chi connectivity index (χ3v) is 2.62. The van der Waals surface area contributed by atoms with Crippen LogP contribution in [0.1, 0.15) is 10.4 Å². The van der Waals surface area contributed by atoms with Gasteiger partial charge in [-0.1, -0.05) is 30.3 Å². The Morgan fingerprint density at radius 3 is 2.14 bits per heavy atom. The molecule has 5 heteroatoms. The van der Waals surface area contributed by atoms with Crippen molar-refractivity contribution < 1.29 is 19.1 Å². The number of rotatable bonds is 3. The van der Waals surface area contributed by atoms with Crippen molar-refractivity contribution in [3.05, 3.63) is 60.2 Å². The number of esters is 1. The molecule has 0 spiro atoms. The number of ether oxygens (including phenoxy) is 2. The minimum atomic E-state index is -0.580. The zero-order valence-electron chi connectivity index (χ0n) is 11.8. The predicted octanol–water partition coefficient (Wildman–Crippen LogP) is 2.97. The Labute approximate surface area is 122 Å². The van der Waals surface area contributed by atoms with E-state index in [0.717, 1.165) is 0 Å². The second kappa shape index (κ2) is 6.56. The van der Waals surface area contributed by atoms with Crippen molar-refractivity contribution >= 4 is 12.1 Å². The summed E-state index contributed by atoms with van der Waals surface area (Å²) in [6, 6.07) is 15.1. The molecule has 0 aliphatic heterocycles. The van der Waals surface area contributed by atoms with E-state index in [0.29, 0.717) is 5.75 Å². The first-order valence-electron chi connectivity index (χ1n) is 6.33. The third kappa shape index (κ3) is 3.82. The largest absolute Gasteiger partial charge is 0.423 e. The van der Waals surface area contributed by atoms with Crippen molar-refractivity contribution in [1.29, 1.82) is 0 Å². The molecule has 0 heterocycles. The van der Waals surface area contributed by atoms with E-state index in [2.05, 4.69) is 0 Å². The van der Waals surface area contributed by atoms with Crippen LogP contribution in [0.5, 0.6) is 11.5 Å². The smallest absolute Gasteiger partial charge is 0.414 e. The zero-order valence-corrected chi connectivity index (χ0v) is 11.8. The van der Waals surface area contributed by atoms with Gasteiger partial charge in [0.2, 0.25) is 0 Å². The number of hydrogen-bond donors (Lipinski definition) is 0. The minimum Gasteiger partial charge on any atom is -0.423 e. The lowest BCUT2D eigenvalue weighted by Crippen LogP contribution is -2.26. The Balaban J connectivity index is 2.19. The molecule has 1 amide bonds. The summed E-state index contributed by atoms with van der Waals surface area (Å²) < 4.78 is 10.4. The molecule has 108 valence electrons. The quantitative estimate of drug-likeness (QED) is 0.642. The van der Waals surface area contributed by atoms with Crippen molar-refractivity contribution in [1.82, 2.24) is 4.90 Å². The van der Waals surface area contributed by atoms with Gasteiger partial charge in [-0.3, -0.25) is 0 Å². The van der Waals surface area contributed by atoms with Crippen LogP contribution < -0.4 is 9.47 Å². The highest BCUT2D eigenvalue weighted by molar-refractivity contribution is 5.94. The summed E-state index contributed by atoms with van der Waals surface area (Å²) in [5, 5.41) is 0. The van der Waals surface area contributed by atoms with Gasteiger partial charge in [0.1, 0.15) is 17.1 Å². The van der Waals surface area contributed by atoms with E-state index in [4.69, 9.17) is 9.47 Å². The number of benzene rings is 2. The highest BCUT2D eigenvalue weighted by Gasteiger charge is 2.17. The molecule has 0 aliphatic rings. The van der Waals surface area contributed by atoms with Gasteiger partial charge in [-0.2, -0.15) is 0 Å². The van der Waals surface area contributed by atoms with Crippen LogP contribution in [0.4, 0.5) is 4.79 Å². The first-order chi connectivity index (χ1) is 10.1. The van der Waals surface area contributed by atoms with Crippen LogP contribution >= 0.6 is 0 Å². The molecule has 0 bridgehead atoms. The van der Waals surface area contributed by atoms with Gasteiger partial charge < -0.3 is 14.4 Å². The molecule has 0 saturated carbocycles. The topological polar surface area (TPSA) is 55.8 Å². The minimum absolute atomic E-state index is 0.164. The van der Waals surface area contributed by atoms with E-state index in [1.807, 2.05) is 6.07 Å². The molecule has 2 aromatic rings. The Morgan fingerprint density at radius 1 is 0.857 bits per heavy atom. The van der Waals surface area contributed by atoms with Gasteiger partial charge in [0.25, 0.3) is 0 Å². The number of hydrogen-bond acceptors (Lipinski definition) is 4. The summed E-state index contributed by atoms with van der Waals surface area (Å²) in [5.41, 5.74) is 0.191. The van der Waals surface area contributed by atoms with Gasteiger partial charge in [0.05, 0.1) is 0 Å². The zero-order chi connectivity index (χ0) is 15.2. The standard InChI is InChI=1S/C16H15NO4/c1-17(2)16(19)21-14-11-7-6-10-13(14)15(18)20-12-8-4-3-5-9-12/h3-11H,1-2H3. The molecule has 0 radical (unpaired) electrons. The molecular formula is C16H15NO4. The maximum Gasteiger partial charge on any atom is 0.414 e. The molecule has 5 nitrogen and oxygen atoms in total. The average molecular weight is 285 g/mol. The summed E-state index contributed by atoms with van der Waals surface area (Å²) >= 11 is 0. The molecule has 0 saturated heterocycles. The monoisotopic (exact) mass is 285 g/mol. The van der Waals surface area contributed by atoms with Crippen LogP contribution in [0.3, 0.4) is 0 Å². The third-order valence-electron chi connectivity index (χ3n) is 2.62. The second-order valence-corrected chi connectivity index (χ2v) is 4.46. The molecule has 0 aliphatic carbocycles. The van der Waals surface area contributed by atoms with Crippen LogP contribution in [0.2, 0.25) is 0 Å². The van der Waals surface area contributed by atoms with Crippen LogP contribution in [-0.2, 0) is 0 Å². The second-order valence-electron chi connectivity index (χ2n) is 4.46. The first kappa shape index (κ1) is 14.6. The number of carbonyl (C=O) groups is 2. The molecule has 2 aromatic carbocycles. The molecule has 0 unspecified atom stereocenters. The molecule has 2 rings (SSSR count). The number of amides is 1. The maximum absolute atomic E-state index is 12.2. The lowest BCUT2D eigenvalue weighted by atomic mass is 10.2. The van der Waals surface area contributed by atoms with Crippen molar-refractivity contribution in [2.24, 2.45) is 0 Å². The molecule has 0 aromatic heterocycles. The van der Waals surface area contributed by atoms with E-state index < -0.39 is 12.1 Å². The number of carbonyl (C=O) groups excluding carboxylic acids is 2. The highest BCUT2D eigenvalue weighted by Crippen LogP contribution is 2.21. The molecule has 0 atom stereocenters. The van der Waals surface area contributed by atoms with Gasteiger partial charge in [-0.05, 0) is 24.3 Å². The van der Waals surface area contributed by atoms with E-state index in [1.54, 1.807) is 62.6 Å². The average Bonchev–Trinajstić information content (AvgIpc) is 2.48. The van der Waals surface area contributed by atoms with Gasteiger partial charge in [-0.15, -0.1) is 0 Å². The number of para-hydroxylation sites is 2. The summed E-state index contributed by atoms with van der Waals surface area (Å²) in [6.45, 7) is 0. The van der Waals surface area contributed by atoms with Gasteiger partial charge in [0, 0.05) is 14.1 Å². The Kier molecular flexibility index (Phi) is 4.56. The van der Waals surface area contributed by atoms with Crippen molar-refractivity contribution in [3.63, 3.8) is 0 Å². The fraction of sp³-hybridized carbons (Fsp3) is 0.125. The maximum atomic E-state index is 12.2. The van der Waals surface area contributed by atoms with Crippen molar-refractivity contribution in [2.75, 3.05) is 14.1 Å². The molecule has 0 N–H and O–H groups in total. The highest BCUT2D eigenvalue weighted by atomic mass is 16.6. The summed E-state index contributed by atoms with van der Waals surface area (Å²) in [7, 11) is 3.13. The summed E-state index contributed by atoms with van der Waals surface area (Å²) in [5.74, 6) is 0.0109. The SMILES string of the molecule is CN(C)C(=O)Oc1ccccc1C(=O)Oc1ccccc1. The van der Waals surface area contributed by atoms with E-state index in [1.165, 1.54) is 4.90 Å². The lowest BCUT2D eigenvalue weighted by molar-refractivity contribution is 0.0731. The van der Waals surface area contributed by atoms with Crippen LogP contribution in [0.25, 0.3) is 0 Å². The van der Waals surface area contributed by atoms with E-state index in [9.17, 15) is 9.59 Å². The molecular weight excluding hydrogens is 270 g/mol. The van der Waals surface area contributed by atoms with Gasteiger partial charge in [0.15, 0.2) is 0 Å². The van der Waals surface area contributed by atoms with Crippen molar-refractivity contribution in [3.8, 4) is 11.5 Å².